The van der Waals surface area contributed by atoms with E-state index in [-0.39, 0.29) is 0 Å². The fourth-order valence-electron chi connectivity index (χ4n) is 2.01. The van der Waals surface area contributed by atoms with E-state index in [0.717, 1.165) is 30.0 Å². The van der Waals surface area contributed by atoms with Crippen molar-refractivity contribution >= 4 is 11.6 Å². The molecule has 0 spiro atoms. The Balaban J connectivity index is 1.94. The first-order valence-corrected chi connectivity index (χ1v) is 7.59. The van der Waals surface area contributed by atoms with Gasteiger partial charge in [-0.2, -0.15) is 0 Å². The van der Waals surface area contributed by atoms with E-state index in [9.17, 15) is 0 Å². The summed E-state index contributed by atoms with van der Waals surface area (Å²) in [6.45, 7) is 8.54. The summed E-state index contributed by atoms with van der Waals surface area (Å²) in [4.78, 5) is 0. The van der Waals surface area contributed by atoms with Crippen LogP contribution in [0.1, 0.15) is 30.7 Å². The van der Waals surface area contributed by atoms with Crippen molar-refractivity contribution in [1.82, 2.24) is 5.32 Å². The average molecular weight is 308 g/mol. The van der Waals surface area contributed by atoms with Crippen molar-refractivity contribution in [2.75, 3.05) is 6.54 Å². The summed E-state index contributed by atoms with van der Waals surface area (Å²) >= 11 is 6.13. The number of nitrogens with one attached hydrogen (secondary N) is 1. The van der Waals surface area contributed by atoms with E-state index in [2.05, 4.69) is 19.2 Å². The van der Waals surface area contributed by atoms with E-state index in [1.165, 1.54) is 0 Å². The monoisotopic (exact) mass is 307 g/mol. The summed E-state index contributed by atoms with van der Waals surface area (Å²) in [5, 5.41) is 4.02. The second kappa shape index (κ2) is 7.53. The lowest BCUT2D eigenvalue weighted by Crippen LogP contribution is -2.19. The summed E-state index contributed by atoms with van der Waals surface area (Å²) in [6.07, 6.45) is 1.70. The Kier molecular flexibility index (Phi) is 5.71. The topological polar surface area (TPSA) is 34.4 Å². The Bertz CT molecular complexity index is 578. The van der Waals surface area contributed by atoms with E-state index in [1.807, 2.05) is 31.2 Å². The molecule has 0 aliphatic rings. The van der Waals surface area contributed by atoms with Gasteiger partial charge in [0.05, 0.1) is 11.3 Å². The summed E-state index contributed by atoms with van der Waals surface area (Å²) in [6, 6.07) is 7.72. The predicted octanol–water partition coefficient (Wildman–Crippen LogP) is 4.57. The van der Waals surface area contributed by atoms with Crippen molar-refractivity contribution in [3.8, 4) is 5.75 Å². The van der Waals surface area contributed by atoms with Crippen molar-refractivity contribution in [1.29, 1.82) is 0 Å². The Morgan fingerprint density at radius 2 is 2.10 bits per heavy atom. The molecular formula is C17H22ClNO2. The van der Waals surface area contributed by atoms with Gasteiger partial charge in [0.25, 0.3) is 0 Å². The summed E-state index contributed by atoms with van der Waals surface area (Å²) in [5.74, 6) is 2.15. The largest absolute Gasteiger partial charge is 0.484 e. The Labute approximate surface area is 131 Å². The molecule has 0 unspecified atom stereocenters. The van der Waals surface area contributed by atoms with Crippen LogP contribution in [0.2, 0.25) is 5.02 Å². The van der Waals surface area contributed by atoms with Crippen LogP contribution in [0.4, 0.5) is 0 Å². The van der Waals surface area contributed by atoms with Crippen LogP contribution in [0.25, 0.3) is 0 Å². The molecule has 1 aromatic carbocycles. The molecule has 0 aliphatic carbocycles. The van der Waals surface area contributed by atoms with Crippen LogP contribution < -0.4 is 10.1 Å². The van der Waals surface area contributed by atoms with Gasteiger partial charge in [-0.15, -0.1) is 0 Å². The maximum atomic E-state index is 6.13. The highest BCUT2D eigenvalue weighted by atomic mass is 35.5. The number of benzene rings is 1. The first-order chi connectivity index (χ1) is 10.1. The van der Waals surface area contributed by atoms with Gasteiger partial charge in [-0.3, -0.25) is 0 Å². The molecule has 4 heteroatoms. The molecule has 0 radical (unpaired) electrons. The van der Waals surface area contributed by atoms with Gasteiger partial charge in [0, 0.05) is 12.1 Å². The van der Waals surface area contributed by atoms with Crippen LogP contribution in [0.5, 0.6) is 5.75 Å². The standard InChI is InChI=1S/C17H22ClNO2/c1-12(2)9-19-10-14-6-7-20-17(14)11-21-16-8-13(3)4-5-15(16)18/h4-8,12,19H,9-11H2,1-3H3. The molecule has 0 saturated carbocycles. The lowest BCUT2D eigenvalue weighted by Gasteiger charge is -2.10. The minimum absolute atomic E-state index is 0.384. The van der Waals surface area contributed by atoms with Gasteiger partial charge in [0.15, 0.2) is 0 Å². The molecule has 0 bridgehead atoms. The molecular weight excluding hydrogens is 286 g/mol. The first-order valence-electron chi connectivity index (χ1n) is 7.21. The van der Waals surface area contributed by atoms with Crippen LogP contribution in [0.3, 0.4) is 0 Å². The van der Waals surface area contributed by atoms with Gasteiger partial charge in [-0.05, 0) is 43.1 Å². The molecule has 0 fully saturated rings. The van der Waals surface area contributed by atoms with E-state index < -0.39 is 0 Å². The molecule has 21 heavy (non-hydrogen) atoms. The lowest BCUT2D eigenvalue weighted by atomic mass is 10.2. The molecule has 0 amide bonds. The number of hydrogen-bond acceptors (Lipinski definition) is 3. The number of ether oxygens (including phenoxy) is 1. The van der Waals surface area contributed by atoms with Gasteiger partial charge in [0.1, 0.15) is 18.1 Å². The number of rotatable bonds is 7. The quantitative estimate of drug-likeness (QED) is 0.814. The molecule has 0 saturated heterocycles. The van der Waals surface area contributed by atoms with Crippen molar-refractivity contribution in [2.45, 2.75) is 33.9 Å². The summed E-state index contributed by atoms with van der Waals surface area (Å²) < 4.78 is 11.3. The Morgan fingerprint density at radius 1 is 1.29 bits per heavy atom. The molecule has 2 rings (SSSR count). The number of halogens is 1. The number of furan rings is 1. The fourth-order valence-corrected chi connectivity index (χ4v) is 2.18. The smallest absolute Gasteiger partial charge is 0.146 e. The molecule has 114 valence electrons. The minimum Gasteiger partial charge on any atom is -0.484 e. The van der Waals surface area contributed by atoms with Crippen LogP contribution in [0.15, 0.2) is 34.9 Å². The van der Waals surface area contributed by atoms with Crippen molar-refractivity contribution in [3.05, 3.63) is 52.4 Å². The van der Waals surface area contributed by atoms with E-state index >= 15 is 0 Å². The van der Waals surface area contributed by atoms with Gasteiger partial charge in [-0.25, -0.2) is 0 Å². The highest BCUT2D eigenvalue weighted by Gasteiger charge is 2.09. The van der Waals surface area contributed by atoms with Gasteiger partial charge in [-0.1, -0.05) is 31.5 Å². The van der Waals surface area contributed by atoms with Crippen LogP contribution in [0, 0.1) is 12.8 Å². The van der Waals surface area contributed by atoms with Crippen molar-refractivity contribution in [3.63, 3.8) is 0 Å². The third-order valence-corrected chi connectivity index (χ3v) is 3.46. The van der Waals surface area contributed by atoms with E-state index in [0.29, 0.717) is 23.3 Å². The average Bonchev–Trinajstić information content (AvgIpc) is 2.87. The zero-order valence-corrected chi connectivity index (χ0v) is 13.5. The molecule has 2 aromatic rings. The molecule has 1 aromatic heterocycles. The van der Waals surface area contributed by atoms with Crippen LogP contribution in [-0.2, 0) is 13.2 Å². The maximum absolute atomic E-state index is 6.13. The fraction of sp³-hybridized carbons (Fsp3) is 0.412. The maximum Gasteiger partial charge on any atom is 0.146 e. The normalized spacial score (nSPS) is 11.1. The molecule has 0 aliphatic heterocycles. The summed E-state index contributed by atoms with van der Waals surface area (Å²) in [5.41, 5.74) is 2.24. The highest BCUT2D eigenvalue weighted by Crippen LogP contribution is 2.26. The Morgan fingerprint density at radius 3 is 2.86 bits per heavy atom. The zero-order valence-electron chi connectivity index (χ0n) is 12.8. The highest BCUT2D eigenvalue weighted by molar-refractivity contribution is 6.32. The predicted molar refractivity (Wildman–Crippen MR) is 85.8 cm³/mol. The second-order valence-corrected chi connectivity index (χ2v) is 6.02. The second-order valence-electron chi connectivity index (χ2n) is 5.62. The minimum atomic E-state index is 0.384. The van der Waals surface area contributed by atoms with Gasteiger partial charge >= 0.3 is 0 Å². The molecule has 3 nitrogen and oxygen atoms in total. The molecule has 0 atom stereocenters. The summed E-state index contributed by atoms with van der Waals surface area (Å²) in [7, 11) is 0. The molecule has 1 N–H and O–H groups in total. The van der Waals surface area contributed by atoms with Crippen molar-refractivity contribution < 1.29 is 9.15 Å². The number of aryl methyl sites for hydroxylation is 1. The Hall–Kier alpha value is -1.45. The van der Waals surface area contributed by atoms with E-state index in [1.54, 1.807) is 6.26 Å². The van der Waals surface area contributed by atoms with Crippen LogP contribution in [-0.4, -0.2) is 6.54 Å². The molecule has 1 heterocycles. The van der Waals surface area contributed by atoms with Gasteiger partial charge in [0.2, 0.25) is 0 Å². The zero-order chi connectivity index (χ0) is 15.2. The third kappa shape index (κ3) is 4.80. The van der Waals surface area contributed by atoms with E-state index in [4.69, 9.17) is 20.8 Å². The lowest BCUT2D eigenvalue weighted by molar-refractivity contribution is 0.268. The SMILES string of the molecule is Cc1ccc(Cl)c(OCc2occc2CNCC(C)C)c1. The van der Waals surface area contributed by atoms with Crippen molar-refractivity contribution in [2.24, 2.45) is 5.92 Å². The third-order valence-electron chi connectivity index (χ3n) is 3.15. The van der Waals surface area contributed by atoms with Gasteiger partial charge < -0.3 is 14.5 Å². The van der Waals surface area contributed by atoms with Crippen LogP contribution >= 0.6 is 11.6 Å². The number of hydrogen-bond donors (Lipinski definition) is 1. The first kappa shape index (κ1) is 15.9.